The lowest BCUT2D eigenvalue weighted by molar-refractivity contribution is -0.134. The maximum atomic E-state index is 12.2. The number of amides is 5. The molecule has 0 unspecified atom stereocenters. The molecule has 2 N–H and O–H groups in total. The lowest BCUT2D eigenvalue weighted by Gasteiger charge is -2.26. The number of nitrogens with one attached hydrogen (secondary N) is 2. The Balaban J connectivity index is 2.13. The Morgan fingerprint density at radius 3 is 2.14 bits per heavy atom. The average molecular weight is 311 g/mol. The van der Waals surface area contributed by atoms with Gasteiger partial charge in [0, 0.05) is 12.4 Å². The van der Waals surface area contributed by atoms with Crippen LogP contribution in [0.4, 0.5) is 4.79 Å². The summed E-state index contributed by atoms with van der Waals surface area (Å²) in [5, 5.41) is 2.78. The third-order valence-corrected chi connectivity index (χ3v) is 4.46. The molecule has 3 heterocycles. The van der Waals surface area contributed by atoms with Crippen molar-refractivity contribution in [3.05, 3.63) is 18.1 Å². The van der Waals surface area contributed by atoms with Crippen LogP contribution in [0.1, 0.15) is 10.5 Å². The van der Waals surface area contributed by atoms with Crippen molar-refractivity contribution in [1.82, 2.24) is 24.9 Å². The van der Waals surface area contributed by atoms with Crippen LogP contribution in [0.5, 0.6) is 0 Å². The quantitative estimate of drug-likeness (QED) is 0.533. The number of aromatic nitrogens is 2. The lowest BCUT2D eigenvalue weighted by Crippen LogP contribution is -2.65. The van der Waals surface area contributed by atoms with E-state index in [1.54, 1.807) is 10.6 Å². The molecule has 21 heavy (non-hydrogen) atoms. The van der Waals surface area contributed by atoms with Gasteiger partial charge in [0.2, 0.25) is 11.1 Å². The van der Waals surface area contributed by atoms with Gasteiger partial charge in [0.1, 0.15) is 0 Å². The lowest BCUT2D eigenvalue weighted by atomic mass is 10.2. The van der Waals surface area contributed by atoms with E-state index >= 15 is 0 Å². The van der Waals surface area contributed by atoms with Crippen molar-refractivity contribution in [3.63, 3.8) is 0 Å². The second-order valence-corrected chi connectivity index (χ2v) is 5.76. The Hall–Kier alpha value is -2.89. The molecule has 0 aromatic carbocycles. The number of hydrogen-bond donors (Lipinski definition) is 2. The molecule has 0 spiro atoms. The normalized spacial score (nSPS) is 21.0. The number of carbonyl (C=O) groups is 4. The number of imide groups is 2. The highest BCUT2D eigenvalue weighted by molar-refractivity contribution is 7.90. The second kappa shape index (κ2) is 4.05. The van der Waals surface area contributed by atoms with Crippen molar-refractivity contribution in [2.24, 2.45) is 0 Å². The van der Waals surface area contributed by atoms with Gasteiger partial charge in [0.25, 0.3) is 27.7 Å². The Morgan fingerprint density at radius 2 is 1.57 bits per heavy atom. The zero-order valence-corrected chi connectivity index (χ0v) is 10.7. The van der Waals surface area contributed by atoms with Gasteiger partial charge in [-0.2, -0.15) is 8.42 Å². The molecule has 11 nitrogen and oxygen atoms in total. The summed E-state index contributed by atoms with van der Waals surface area (Å²) >= 11 is 0. The van der Waals surface area contributed by atoms with Crippen LogP contribution in [-0.4, -0.2) is 52.5 Å². The summed E-state index contributed by atoms with van der Waals surface area (Å²) in [6.45, 7) is 0. The summed E-state index contributed by atoms with van der Waals surface area (Å²) in [5.74, 6) is -3.62. The molecule has 1 aromatic rings. The molecule has 1 fully saturated rings. The zero-order valence-electron chi connectivity index (χ0n) is 9.93. The first-order chi connectivity index (χ1) is 9.84. The predicted molar refractivity (Wildman–Crippen MR) is 60.9 cm³/mol. The first-order valence-electron chi connectivity index (χ1n) is 5.39. The van der Waals surface area contributed by atoms with E-state index < -0.39 is 50.5 Å². The van der Waals surface area contributed by atoms with Crippen LogP contribution in [-0.2, 0) is 19.6 Å². The second-order valence-electron chi connectivity index (χ2n) is 4.03. The molecule has 12 heteroatoms. The molecule has 5 amide bonds. The standard InChI is InChI=1S/C9H5N5O6S/c15-5-4(6(16)13-9(18)12-5)14-8(17)3-7(21(14,19)20)11-2-1-10-3/h1-2,4H,(H2,12,13,15,16,18). The van der Waals surface area contributed by atoms with Gasteiger partial charge in [-0.05, 0) is 0 Å². The fourth-order valence-corrected chi connectivity index (χ4v) is 3.49. The SMILES string of the molecule is O=C1NC(=O)C(N2C(=O)c3nccnc3S2(=O)=O)C(=O)N1. The van der Waals surface area contributed by atoms with Gasteiger partial charge >= 0.3 is 6.03 Å². The van der Waals surface area contributed by atoms with Crippen LogP contribution in [0, 0.1) is 0 Å². The number of barbiturate groups is 1. The molecule has 1 saturated heterocycles. The molecular weight excluding hydrogens is 306 g/mol. The van der Waals surface area contributed by atoms with Crippen LogP contribution in [0.3, 0.4) is 0 Å². The molecule has 1 aromatic heterocycles. The highest BCUT2D eigenvalue weighted by Gasteiger charge is 2.53. The van der Waals surface area contributed by atoms with E-state index in [1.165, 1.54) is 0 Å². The number of carbonyl (C=O) groups excluding carboxylic acids is 4. The molecule has 0 saturated carbocycles. The number of rotatable bonds is 1. The minimum atomic E-state index is -4.50. The van der Waals surface area contributed by atoms with Crippen molar-refractivity contribution in [3.8, 4) is 0 Å². The molecule has 0 radical (unpaired) electrons. The number of sulfonamides is 1. The first kappa shape index (κ1) is 13.1. The van der Waals surface area contributed by atoms with Crippen LogP contribution in [0.25, 0.3) is 0 Å². The number of hydrogen-bond acceptors (Lipinski definition) is 8. The molecule has 108 valence electrons. The third kappa shape index (κ3) is 1.69. The minimum absolute atomic E-state index is 0.0643. The van der Waals surface area contributed by atoms with Gasteiger partial charge in [-0.1, -0.05) is 0 Å². The molecule has 0 atom stereocenters. The predicted octanol–water partition coefficient (Wildman–Crippen LogP) is -2.64. The van der Waals surface area contributed by atoms with Gasteiger partial charge < -0.3 is 0 Å². The third-order valence-electron chi connectivity index (χ3n) is 2.78. The van der Waals surface area contributed by atoms with E-state index in [0.717, 1.165) is 12.4 Å². The van der Waals surface area contributed by atoms with Crippen LogP contribution >= 0.6 is 0 Å². The van der Waals surface area contributed by atoms with Crippen molar-refractivity contribution in [2.75, 3.05) is 0 Å². The molecular formula is C9H5N5O6S. The summed E-state index contributed by atoms with van der Waals surface area (Å²) < 4.78 is 24.5. The Kier molecular flexibility index (Phi) is 2.53. The largest absolute Gasteiger partial charge is 0.328 e. The highest BCUT2D eigenvalue weighted by atomic mass is 32.2. The van der Waals surface area contributed by atoms with E-state index in [-0.39, 0.29) is 4.31 Å². The Bertz CT molecular complexity index is 798. The van der Waals surface area contributed by atoms with Crippen LogP contribution < -0.4 is 10.6 Å². The maximum absolute atomic E-state index is 12.2. The van der Waals surface area contributed by atoms with E-state index in [0.29, 0.717) is 0 Å². The summed E-state index contributed by atoms with van der Waals surface area (Å²) in [6, 6.07) is -3.13. The number of urea groups is 1. The van der Waals surface area contributed by atoms with Crippen LogP contribution in [0.2, 0.25) is 0 Å². The minimum Gasteiger partial charge on any atom is -0.275 e. The number of fused-ring (bicyclic) bond motifs is 1. The first-order valence-corrected chi connectivity index (χ1v) is 6.83. The number of nitrogens with zero attached hydrogens (tertiary/aromatic N) is 3. The fraction of sp³-hybridized carbons (Fsp3) is 0.111. The van der Waals surface area contributed by atoms with Crippen molar-refractivity contribution < 1.29 is 27.6 Å². The van der Waals surface area contributed by atoms with E-state index in [2.05, 4.69) is 9.97 Å². The smallest absolute Gasteiger partial charge is 0.275 e. The summed E-state index contributed by atoms with van der Waals surface area (Å²) in [7, 11) is -4.50. The highest BCUT2D eigenvalue weighted by Crippen LogP contribution is 2.29. The van der Waals surface area contributed by atoms with Gasteiger partial charge in [-0.15, -0.1) is 0 Å². The molecule has 0 bridgehead atoms. The average Bonchev–Trinajstić information content (AvgIpc) is 2.59. The maximum Gasteiger partial charge on any atom is 0.328 e. The molecule has 2 aliphatic heterocycles. The monoisotopic (exact) mass is 311 g/mol. The zero-order chi connectivity index (χ0) is 15.4. The van der Waals surface area contributed by atoms with Crippen LogP contribution in [0.15, 0.2) is 17.4 Å². The van der Waals surface area contributed by atoms with Gasteiger partial charge in [0.05, 0.1) is 0 Å². The van der Waals surface area contributed by atoms with E-state index in [1.807, 2.05) is 0 Å². The van der Waals surface area contributed by atoms with E-state index in [4.69, 9.17) is 0 Å². The molecule has 2 aliphatic rings. The molecule has 0 aliphatic carbocycles. The summed E-state index contributed by atoms with van der Waals surface area (Å²) in [4.78, 5) is 53.5. The summed E-state index contributed by atoms with van der Waals surface area (Å²) in [6.07, 6.45) is 2.15. The van der Waals surface area contributed by atoms with Crippen molar-refractivity contribution in [1.29, 1.82) is 0 Å². The molecule has 3 rings (SSSR count). The van der Waals surface area contributed by atoms with Gasteiger partial charge in [-0.25, -0.2) is 19.1 Å². The topological polar surface area (TPSA) is 156 Å². The fourth-order valence-electron chi connectivity index (χ4n) is 1.95. The Labute approximate surface area is 116 Å². The summed E-state index contributed by atoms with van der Waals surface area (Å²) in [5.41, 5.74) is -0.491. The van der Waals surface area contributed by atoms with E-state index in [9.17, 15) is 27.6 Å². The Morgan fingerprint density at radius 1 is 1.00 bits per heavy atom. The van der Waals surface area contributed by atoms with Gasteiger partial charge in [-0.3, -0.25) is 25.0 Å². The van der Waals surface area contributed by atoms with Gasteiger partial charge in [0.15, 0.2) is 5.69 Å². The van der Waals surface area contributed by atoms with Crippen molar-refractivity contribution >= 4 is 33.8 Å². The van der Waals surface area contributed by atoms with Crippen molar-refractivity contribution in [2.45, 2.75) is 11.1 Å².